The summed E-state index contributed by atoms with van der Waals surface area (Å²) >= 11 is 0. The fraction of sp³-hybridized carbons (Fsp3) is 0.333. The lowest BCUT2D eigenvalue weighted by molar-refractivity contribution is -0.122. The molecule has 142 valence electrons. The fourth-order valence-corrected chi connectivity index (χ4v) is 3.23. The number of nitrogens with one attached hydrogen (secondary N) is 1. The van der Waals surface area contributed by atoms with Crippen LogP contribution in [-0.2, 0) is 9.59 Å². The highest BCUT2D eigenvalue weighted by atomic mass is 16.5. The zero-order valence-electron chi connectivity index (χ0n) is 15.8. The standard InChI is InChI=1S/C21H24N2O4/c1-4-27-19-8-6-5-7-17(19)23-13-15(12-20(23)24)21(25)22-16-11-14(2)9-10-18(16)26-3/h5-11,15H,4,12-13H2,1-3H3,(H,22,25)/t15-/m0/s1. The molecule has 0 saturated carbocycles. The second kappa shape index (κ2) is 8.12. The maximum atomic E-state index is 12.8. The Kier molecular flexibility index (Phi) is 5.64. The van der Waals surface area contributed by atoms with E-state index in [1.54, 1.807) is 12.0 Å². The molecule has 0 bridgehead atoms. The summed E-state index contributed by atoms with van der Waals surface area (Å²) in [7, 11) is 1.56. The second-order valence-corrected chi connectivity index (χ2v) is 6.50. The van der Waals surface area contributed by atoms with E-state index in [-0.39, 0.29) is 18.2 Å². The van der Waals surface area contributed by atoms with Crippen LogP contribution in [0.2, 0.25) is 0 Å². The molecule has 3 rings (SSSR count). The molecule has 1 fully saturated rings. The minimum Gasteiger partial charge on any atom is -0.495 e. The fourth-order valence-electron chi connectivity index (χ4n) is 3.23. The summed E-state index contributed by atoms with van der Waals surface area (Å²) in [5.74, 6) is 0.533. The van der Waals surface area contributed by atoms with Crippen LogP contribution in [0.3, 0.4) is 0 Å². The number of hydrogen-bond acceptors (Lipinski definition) is 4. The normalized spacial score (nSPS) is 16.3. The Morgan fingerprint density at radius 2 is 2.00 bits per heavy atom. The van der Waals surface area contributed by atoms with E-state index in [2.05, 4.69) is 5.32 Å². The van der Waals surface area contributed by atoms with Crippen LogP contribution in [-0.4, -0.2) is 32.1 Å². The molecular formula is C21H24N2O4. The van der Waals surface area contributed by atoms with Crippen molar-refractivity contribution < 1.29 is 19.1 Å². The van der Waals surface area contributed by atoms with Crippen molar-refractivity contribution in [2.24, 2.45) is 5.92 Å². The van der Waals surface area contributed by atoms with Crippen LogP contribution in [0.1, 0.15) is 18.9 Å². The first-order chi connectivity index (χ1) is 13.0. The first-order valence-electron chi connectivity index (χ1n) is 9.01. The number of methoxy groups -OCH3 is 1. The third-order valence-corrected chi connectivity index (χ3v) is 4.56. The van der Waals surface area contributed by atoms with Crippen LogP contribution >= 0.6 is 0 Å². The molecule has 1 saturated heterocycles. The first kappa shape index (κ1) is 18.8. The summed E-state index contributed by atoms with van der Waals surface area (Å²) in [6.07, 6.45) is 0.167. The van der Waals surface area contributed by atoms with E-state index in [4.69, 9.17) is 9.47 Å². The van der Waals surface area contributed by atoms with Gasteiger partial charge in [-0.15, -0.1) is 0 Å². The van der Waals surface area contributed by atoms with Gasteiger partial charge < -0.3 is 19.7 Å². The molecule has 2 aromatic carbocycles. The van der Waals surface area contributed by atoms with Crippen molar-refractivity contribution in [3.63, 3.8) is 0 Å². The molecule has 0 spiro atoms. The molecular weight excluding hydrogens is 344 g/mol. The summed E-state index contributed by atoms with van der Waals surface area (Å²) in [4.78, 5) is 26.9. The van der Waals surface area contributed by atoms with Crippen LogP contribution in [0.4, 0.5) is 11.4 Å². The van der Waals surface area contributed by atoms with Gasteiger partial charge in [-0.05, 0) is 43.7 Å². The number of anilines is 2. The van der Waals surface area contributed by atoms with Crippen molar-refractivity contribution in [3.05, 3.63) is 48.0 Å². The number of carbonyl (C=O) groups is 2. The summed E-state index contributed by atoms with van der Waals surface area (Å²) in [5.41, 5.74) is 2.33. The molecule has 1 heterocycles. The van der Waals surface area contributed by atoms with Gasteiger partial charge in [-0.1, -0.05) is 18.2 Å². The lowest BCUT2D eigenvalue weighted by atomic mass is 10.1. The first-order valence-corrected chi connectivity index (χ1v) is 9.01. The minimum atomic E-state index is -0.433. The van der Waals surface area contributed by atoms with Gasteiger partial charge in [-0.2, -0.15) is 0 Å². The largest absolute Gasteiger partial charge is 0.495 e. The Hall–Kier alpha value is -3.02. The molecule has 2 amide bonds. The highest BCUT2D eigenvalue weighted by Crippen LogP contribution is 2.34. The Labute approximate surface area is 159 Å². The van der Waals surface area contributed by atoms with Crippen molar-refractivity contribution in [1.29, 1.82) is 0 Å². The van der Waals surface area contributed by atoms with Crippen LogP contribution in [0, 0.1) is 12.8 Å². The Morgan fingerprint density at radius 3 is 2.74 bits per heavy atom. The summed E-state index contributed by atoms with van der Waals surface area (Å²) in [5, 5.41) is 2.90. The quantitative estimate of drug-likeness (QED) is 0.849. The smallest absolute Gasteiger partial charge is 0.229 e. The van der Waals surface area contributed by atoms with E-state index in [0.717, 1.165) is 5.56 Å². The van der Waals surface area contributed by atoms with Gasteiger partial charge in [0.25, 0.3) is 0 Å². The van der Waals surface area contributed by atoms with E-state index in [1.165, 1.54) is 0 Å². The van der Waals surface area contributed by atoms with E-state index in [0.29, 0.717) is 36.0 Å². The monoisotopic (exact) mass is 368 g/mol. The van der Waals surface area contributed by atoms with Crippen LogP contribution in [0.15, 0.2) is 42.5 Å². The van der Waals surface area contributed by atoms with Gasteiger partial charge in [0.1, 0.15) is 11.5 Å². The average molecular weight is 368 g/mol. The van der Waals surface area contributed by atoms with Crippen molar-refractivity contribution in [2.75, 3.05) is 30.5 Å². The number of rotatable bonds is 6. The van der Waals surface area contributed by atoms with Crippen LogP contribution in [0.25, 0.3) is 0 Å². The minimum absolute atomic E-state index is 0.0847. The van der Waals surface area contributed by atoms with Crippen molar-refractivity contribution in [2.45, 2.75) is 20.3 Å². The molecule has 2 aromatic rings. The third kappa shape index (κ3) is 4.05. The molecule has 6 heteroatoms. The molecule has 0 radical (unpaired) electrons. The number of carbonyl (C=O) groups excluding carboxylic acids is 2. The summed E-state index contributed by atoms with van der Waals surface area (Å²) in [6.45, 7) is 4.67. The van der Waals surface area contributed by atoms with E-state index in [1.807, 2.05) is 56.3 Å². The molecule has 0 aliphatic carbocycles. The van der Waals surface area contributed by atoms with Gasteiger partial charge >= 0.3 is 0 Å². The molecule has 0 unspecified atom stereocenters. The topological polar surface area (TPSA) is 67.9 Å². The molecule has 27 heavy (non-hydrogen) atoms. The Balaban J connectivity index is 1.76. The molecule has 1 aliphatic rings. The summed E-state index contributed by atoms with van der Waals surface area (Å²) in [6, 6.07) is 13.0. The average Bonchev–Trinajstić information content (AvgIpc) is 3.04. The predicted molar refractivity (Wildman–Crippen MR) is 104 cm³/mol. The van der Waals surface area contributed by atoms with Gasteiger partial charge in [0, 0.05) is 13.0 Å². The SMILES string of the molecule is CCOc1ccccc1N1C[C@@H](C(=O)Nc2cc(C)ccc2OC)CC1=O. The van der Waals surface area contributed by atoms with Crippen LogP contribution in [0.5, 0.6) is 11.5 Å². The van der Waals surface area contributed by atoms with Crippen molar-refractivity contribution in [1.82, 2.24) is 0 Å². The highest BCUT2D eigenvalue weighted by Gasteiger charge is 2.36. The lowest BCUT2D eigenvalue weighted by Crippen LogP contribution is -2.28. The van der Waals surface area contributed by atoms with Crippen LogP contribution < -0.4 is 19.7 Å². The van der Waals surface area contributed by atoms with Gasteiger partial charge in [-0.3, -0.25) is 9.59 Å². The molecule has 1 atom stereocenters. The lowest BCUT2D eigenvalue weighted by Gasteiger charge is -2.20. The Morgan fingerprint density at radius 1 is 1.22 bits per heavy atom. The maximum absolute atomic E-state index is 12.8. The second-order valence-electron chi connectivity index (χ2n) is 6.50. The molecule has 1 aliphatic heterocycles. The van der Waals surface area contributed by atoms with Gasteiger partial charge in [-0.25, -0.2) is 0 Å². The van der Waals surface area contributed by atoms with E-state index < -0.39 is 5.92 Å². The van der Waals surface area contributed by atoms with Gasteiger partial charge in [0.05, 0.1) is 31.0 Å². The van der Waals surface area contributed by atoms with Gasteiger partial charge in [0.15, 0.2) is 0 Å². The van der Waals surface area contributed by atoms with Crippen molar-refractivity contribution >= 4 is 23.2 Å². The zero-order chi connectivity index (χ0) is 19.4. The molecule has 1 N–H and O–H groups in total. The molecule has 6 nitrogen and oxygen atoms in total. The Bertz CT molecular complexity index is 850. The van der Waals surface area contributed by atoms with Gasteiger partial charge in [0.2, 0.25) is 11.8 Å². The van der Waals surface area contributed by atoms with E-state index in [9.17, 15) is 9.59 Å². The number of hydrogen-bond donors (Lipinski definition) is 1. The van der Waals surface area contributed by atoms with Crippen molar-refractivity contribution in [3.8, 4) is 11.5 Å². The number of para-hydroxylation sites is 2. The zero-order valence-corrected chi connectivity index (χ0v) is 15.8. The number of benzene rings is 2. The molecule has 0 aromatic heterocycles. The number of amides is 2. The number of ether oxygens (including phenoxy) is 2. The summed E-state index contributed by atoms with van der Waals surface area (Å²) < 4.78 is 10.9. The number of nitrogens with zero attached hydrogens (tertiary/aromatic N) is 1. The predicted octanol–water partition coefficient (Wildman–Crippen LogP) is 3.39. The van der Waals surface area contributed by atoms with E-state index >= 15 is 0 Å². The highest BCUT2D eigenvalue weighted by molar-refractivity contribution is 6.04. The third-order valence-electron chi connectivity index (χ3n) is 4.56. The number of aryl methyl sites for hydroxylation is 1. The maximum Gasteiger partial charge on any atom is 0.229 e.